The topological polar surface area (TPSA) is 68.0 Å². The predicted molar refractivity (Wildman–Crippen MR) is 71.8 cm³/mol. The van der Waals surface area contributed by atoms with Crippen molar-refractivity contribution in [3.63, 3.8) is 0 Å². The Labute approximate surface area is 111 Å². The molecule has 5 nitrogen and oxygen atoms in total. The Kier molecular flexibility index (Phi) is 3.14. The third-order valence-electron chi connectivity index (χ3n) is 3.07. The van der Waals surface area contributed by atoms with Crippen molar-refractivity contribution in [1.82, 2.24) is 14.8 Å². The third-order valence-corrected chi connectivity index (χ3v) is 3.07. The van der Waals surface area contributed by atoms with E-state index in [-0.39, 0.29) is 11.0 Å². The van der Waals surface area contributed by atoms with Gasteiger partial charge in [-0.25, -0.2) is 14.5 Å². The van der Waals surface area contributed by atoms with Gasteiger partial charge in [-0.05, 0) is 24.0 Å². The molecule has 0 bridgehead atoms. The first-order chi connectivity index (χ1) is 8.80. The summed E-state index contributed by atoms with van der Waals surface area (Å²) in [6.45, 7) is 8.07. The average molecular weight is 259 g/mol. The fraction of sp³-hybridized carbons (Fsp3) is 0.357. The maximum absolute atomic E-state index is 11.0. The lowest BCUT2D eigenvalue weighted by molar-refractivity contribution is 0.0696. The van der Waals surface area contributed by atoms with Crippen LogP contribution < -0.4 is 0 Å². The van der Waals surface area contributed by atoms with Crippen LogP contribution >= 0.6 is 0 Å². The molecule has 0 spiro atoms. The molecule has 100 valence electrons. The van der Waals surface area contributed by atoms with Crippen LogP contribution in [0, 0.1) is 6.92 Å². The molecule has 1 N–H and O–H groups in total. The van der Waals surface area contributed by atoms with Gasteiger partial charge >= 0.3 is 5.97 Å². The fourth-order valence-electron chi connectivity index (χ4n) is 1.81. The van der Waals surface area contributed by atoms with E-state index in [1.54, 1.807) is 13.1 Å². The second-order valence-electron chi connectivity index (χ2n) is 5.52. The van der Waals surface area contributed by atoms with Crippen LogP contribution in [0.4, 0.5) is 0 Å². The zero-order valence-electron chi connectivity index (χ0n) is 11.5. The van der Waals surface area contributed by atoms with Gasteiger partial charge in [0.1, 0.15) is 5.56 Å². The van der Waals surface area contributed by atoms with E-state index in [4.69, 9.17) is 5.11 Å². The van der Waals surface area contributed by atoms with E-state index in [9.17, 15) is 4.79 Å². The summed E-state index contributed by atoms with van der Waals surface area (Å²) >= 11 is 0. The normalized spacial score (nSPS) is 11.6. The number of hydrogen-bond donors (Lipinski definition) is 1. The number of pyridine rings is 1. The van der Waals surface area contributed by atoms with E-state index < -0.39 is 5.97 Å². The molecule has 0 saturated carbocycles. The van der Waals surface area contributed by atoms with E-state index >= 15 is 0 Å². The maximum atomic E-state index is 11.0. The van der Waals surface area contributed by atoms with Crippen molar-refractivity contribution in [1.29, 1.82) is 0 Å². The molecule has 0 radical (unpaired) electrons. The van der Waals surface area contributed by atoms with Crippen LogP contribution in [0.15, 0.2) is 24.5 Å². The fourth-order valence-corrected chi connectivity index (χ4v) is 1.81. The van der Waals surface area contributed by atoms with E-state index in [0.29, 0.717) is 11.5 Å². The molecular formula is C14H17N3O2. The van der Waals surface area contributed by atoms with Gasteiger partial charge in [0, 0.05) is 6.20 Å². The lowest BCUT2D eigenvalue weighted by Gasteiger charge is -2.18. The quantitative estimate of drug-likeness (QED) is 0.900. The highest BCUT2D eigenvalue weighted by Gasteiger charge is 2.16. The molecule has 2 aromatic heterocycles. The largest absolute Gasteiger partial charge is 0.478 e. The summed E-state index contributed by atoms with van der Waals surface area (Å²) in [5.74, 6) is -0.354. The Morgan fingerprint density at radius 2 is 1.95 bits per heavy atom. The highest BCUT2D eigenvalue weighted by Crippen LogP contribution is 2.22. The highest BCUT2D eigenvalue weighted by atomic mass is 16.4. The van der Waals surface area contributed by atoms with Crippen molar-refractivity contribution in [2.45, 2.75) is 33.1 Å². The molecule has 0 unspecified atom stereocenters. The van der Waals surface area contributed by atoms with E-state index in [1.165, 1.54) is 10.9 Å². The number of aromatic carboxylic acids is 1. The minimum absolute atomic E-state index is 0.0386. The van der Waals surface area contributed by atoms with Crippen LogP contribution in [-0.2, 0) is 5.41 Å². The van der Waals surface area contributed by atoms with E-state index in [0.717, 1.165) is 5.56 Å². The molecule has 0 atom stereocenters. The molecule has 0 saturated heterocycles. The summed E-state index contributed by atoms with van der Waals surface area (Å²) in [5, 5.41) is 13.1. The molecule has 0 aliphatic heterocycles. The molecule has 2 aromatic rings. The predicted octanol–water partition coefficient (Wildman–Crippen LogP) is 2.57. The highest BCUT2D eigenvalue weighted by molar-refractivity contribution is 5.88. The van der Waals surface area contributed by atoms with Gasteiger partial charge in [-0.1, -0.05) is 26.8 Å². The van der Waals surface area contributed by atoms with E-state index in [1.807, 2.05) is 12.1 Å². The van der Waals surface area contributed by atoms with Crippen LogP contribution in [0.5, 0.6) is 0 Å². The first-order valence-corrected chi connectivity index (χ1v) is 6.05. The van der Waals surface area contributed by atoms with Gasteiger partial charge in [-0.15, -0.1) is 0 Å². The molecule has 0 aromatic carbocycles. The average Bonchev–Trinajstić information content (AvgIpc) is 2.70. The van der Waals surface area contributed by atoms with Gasteiger partial charge in [0.05, 0.1) is 11.9 Å². The Bertz CT molecular complexity index is 607. The van der Waals surface area contributed by atoms with Crippen molar-refractivity contribution in [2.75, 3.05) is 0 Å². The Morgan fingerprint density at radius 3 is 2.37 bits per heavy atom. The number of aromatic nitrogens is 3. The number of nitrogens with zero attached hydrogens (tertiary/aromatic N) is 3. The molecular weight excluding hydrogens is 242 g/mol. The summed E-state index contributed by atoms with van der Waals surface area (Å²) < 4.78 is 1.54. The van der Waals surface area contributed by atoms with Gasteiger partial charge in [0.2, 0.25) is 0 Å². The summed E-state index contributed by atoms with van der Waals surface area (Å²) in [5.41, 5.74) is 1.93. The van der Waals surface area contributed by atoms with Crippen molar-refractivity contribution < 1.29 is 9.90 Å². The van der Waals surface area contributed by atoms with Gasteiger partial charge < -0.3 is 5.11 Å². The van der Waals surface area contributed by atoms with Crippen molar-refractivity contribution >= 4 is 5.97 Å². The van der Waals surface area contributed by atoms with Crippen LogP contribution in [0.3, 0.4) is 0 Å². The summed E-state index contributed by atoms with van der Waals surface area (Å²) in [4.78, 5) is 15.3. The zero-order chi connectivity index (χ0) is 14.2. The number of carbonyl (C=O) groups is 1. The van der Waals surface area contributed by atoms with Crippen molar-refractivity contribution in [3.8, 4) is 5.82 Å². The lowest BCUT2D eigenvalue weighted by Crippen LogP contribution is -2.12. The number of rotatable bonds is 2. The molecule has 2 heterocycles. The van der Waals surface area contributed by atoms with Crippen molar-refractivity contribution in [3.05, 3.63) is 41.3 Å². The van der Waals surface area contributed by atoms with Gasteiger partial charge in [0.15, 0.2) is 5.82 Å². The van der Waals surface area contributed by atoms with Crippen LogP contribution in [-0.4, -0.2) is 25.8 Å². The molecule has 2 rings (SSSR count). The van der Waals surface area contributed by atoms with Crippen molar-refractivity contribution in [2.24, 2.45) is 0 Å². The summed E-state index contributed by atoms with van der Waals surface area (Å²) in [6, 6.07) is 3.84. The maximum Gasteiger partial charge on any atom is 0.339 e. The van der Waals surface area contributed by atoms with Crippen LogP contribution in [0.1, 0.15) is 42.4 Å². The minimum atomic E-state index is -0.977. The Hall–Kier alpha value is -2.17. The monoisotopic (exact) mass is 259 g/mol. The van der Waals surface area contributed by atoms with Crippen LogP contribution in [0.2, 0.25) is 0 Å². The molecule has 19 heavy (non-hydrogen) atoms. The molecule has 0 amide bonds. The first-order valence-electron chi connectivity index (χ1n) is 6.05. The van der Waals surface area contributed by atoms with Crippen LogP contribution in [0.25, 0.3) is 5.82 Å². The molecule has 5 heteroatoms. The minimum Gasteiger partial charge on any atom is -0.478 e. The first kappa shape index (κ1) is 13.3. The Morgan fingerprint density at radius 1 is 1.26 bits per heavy atom. The van der Waals surface area contributed by atoms with E-state index in [2.05, 4.69) is 30.9 Å². The Balaban J connectivity index is 2.41. The summed E-state index contributed by atoms with van der Waals surface area (Å²) in [7, 11) is 0. The zero-order valence-corrected chi connectivity index (χ0v) is 11.5. The molecule has 0 aliphatic carbocycles. The SMILES string of the molecule is Cc1c(C(=O)O)cnn1-c1ccc(C(C)(C)C)cn1. The number of carboxylic acid groups (broad SMARTS) is 1. The second-order valence-corrected chi connectivity index (χ2v) is 5.52. The molecule has 0 fully saturated rings. The smallest absolute Gasteiger partial charge is 0.339 e. The summed E-state index contributed by atoms with van der Waals surface area (Å²) in [6.07, 6.45) is 3.15. The van der Waals surface area contributed by atoms with Gasteiger partial charge in [-0.2, -0.15) is 5.10 Å². The standard InChI is InChI=1S/C14H17N3O2/c1-9-11(13(18)19)8-16-17(9)12-6-5-10(7-15-12)14(2,3)4/h5-8H,1-4H3,(H,18,19). The second kappa shape index (κ2) is 4.50. The number of hydrogen-bond acceptors (Lipinski definition) is 3. The van der Waals surface area contributed by atoms with Gasteiger partial charge in [-0.3, -0.25) is 0 Å². The third kappa shape index (κ3) is 2.50. The number of carboxylic acids is 1. The van der Waals surface area contributed by atoms with Gasteiger partial charge in [0.25, 0.3) is 0 Å². The molecule has 0 aliphatic rings. The lowest BCUT2D eigenvalue weighted by atomic mass is 9.88.